The zero-order chi connectivity index (χ0) is 17.8. The molecule has 0 radical (unpaired) electrons. The molecule has 0 spiro atoms. The van der Waals surface area contributed by atoms with Gasteiger partial charge in [-0.2, -0.15) is 0 Å². The quantitative estimate of drug-likeness (QED) is 0.712. The number of nitrogens with one attached hydrogen (secondary N) is 2. The molecule has 3 aromatic heterocycles. The average molecular weight is 349 g/mol. The van der Waals surface area contributed by atoms with E-state index in [2.05, 4.69) is 48.1 Å². The van der Waals surface area contributed by atoms with Gasteiger partial charge in [-0.15, -0.1) is 0 Å². The third kappa shape index (κ3) is 3.43. The molecule has 1 aliphatic rings. The van der Waals surface area contributed by atoms with Crippen LogP contribution in [-0.4, -0.2) is 42.9 Å². The first-order valence-electron chi connectivity index (χ1n) is 9.06. The van der Waals surface area contributed by atoms with Crippen LogP contribution in [0.15, 0.2) is 43.2 Å². The van der Waals surface area contributed by atoms with Crippen LogP contribution in [0.5, 0.6) is 0 Å². The summed E-state index contributed by atoms with van der Waals surface area (Å²) in [6.07, 6.45) is 11.3. The van der Waals surface area contributed by atoms with Gasteiger partial charge in [0.1, 0.15) is 0 Å². The van der Waals surface area contributed by atoms with Gasteiger partial charge >= 0.3 is 0 Å². The van der Waals surface area contributed by atoms with Crippen molar-refractivity contribution in [2.24, 2.45) is 0 Å². The van der Waals surface area contributed by atoms with E-state index in [1.807, 2.05) is 24.7 Å². The van der Waals surface area contributed by atoms with Crippen LogP contribution in [0.4, 0.5) is 5.95 Å². The molecule has 1 atom stereocenters. The summed E-state index contributed by atoms with van der Waals surface area (Å²) in [7, 11) is 0. The third-order valence-corrected chi connectivity index (χ3v) is 4.65. The normalized spacial score (nSPS) is 17.0. The van der Waals surface area contributed by atoms with E-state index < -0.39 is 0 Å². The van der Waals surface area contributed by atoms with Crippen LogP contribution in [0, 0.1) is 0 Å². The summed E-state index contributed by atoms with van der Waals surface area (Å²) < 4.78 is 0. The number of hydrogen-bond acceptors (Lipinski definition) is 6. The van der Waals surface area contributed by atoms with Gasteiger partial charge < -0.3 is 10.3 Å². The molecule has 26 heavy (non-hydrogen) atoms. The van der Waals surface area contributed by atoms with Crippen LogP contribution in [0.2, 0.25) is 0 Å². The summed E-state index contributed by atoms with van der Waals surface area (Å²) in [6, 6.07) is 4.19. The molecule has 7 nitrogen and oxygen atoms in total. The van der Waals surface area contributed by atoms with E-state index >= 15 is 0 Å². The summed E-state index contributed by atoms with van der Waals surface area (Å²) in [5.74, 6) is 0.688. The smallest absolute Gasteiger partial charge is 0.222 e. The molecule has 0 aromatic carbocycles. The summed E-state index contributed by atoms with van der Waals surface area (Å²) in [6.45, 7) is 4.74. The lowest BCUT2D eigenvalue weighted by atomic mass is 9.96. The van der Waals surface area contributed by atoms with Crippen molar-refractivity contribution in [1.82, 2.24) is 29.8 Å². The summed E-state index contributed by atoms with van der Waals surface area (Å²) in [4.78, 5) is 23.4. The highest BCUT2D eigenvalue weighted by atomic mass is 15.2. The molecule has 1 aliphatic heterocycles. The maximum absolute atomic E-state index is 4.59. The standard InChI is InChI=1S/C19H23N7/c1-2-6-21-19-22-9-14(10-23-19)12-26-8-5-16-17(25-13-24-16)18(26)15-4-3-7-20-11-15/h3-4,7,9-11,13,18H,2,5-6,8,12H2,1H3,(H,24,25)(H,21,22,23)/t18-/m0/s1. The molecule has 0 saturated heterocycles. The third-order valence-electron chi connectivity index (χ3n) is 4.65. The Labute approximate surface area is 152 Å². The summed E-state index contributed by atoms with van der Waals surface area (Å²) in [5.41, 5.74) is 4.56. The van der Waals surface area contributed by atoms with Crippen molar-refractivity contribution in [3.05, 3.63) is 65.8 Å². The molecule has 4 heterocycles. The maximum Gasteiger partial charge on any atom is 0.222 e. The molecule has 0 aliphatic carbocycles. The predicted molar refractivity (Wildman–Crippen MR) is 99.6 cm³/mol. The lowest BCUT2D eigenvalue weighted by Crippen LogP contribution is -2.36. The van der Waals surface area contributed by atoms with Crippen molar-refractivity contribution in [1.29, 1.82) is 0 Å². The molecular weight excluding hydrogens is 326 g/mol. The van der Waals surface area contributed by atoms with Gasteiger partial charge in [-0.3, -0.25) is 9.88 Å². The number of fused-ring (bicyclic) bond motifs is 1. The monoisotopic (exact) mass is 349 g/mol. The maximum atomic E-state index is 4.59. The zero-order valence-electron chi connectivity index (χ0n) is 14.9. The molecule has 0 amide bonds. The number of aromatic amines is 1. The number of rotatable bonds is 6. The Morgan fingerprint density at radius 2 is 2.12 bits per heavy atom. The first kappa shape index (κ1) is 16.7. The van der Waals surface area contributed by atoms with Gasteiger partial charge in [-0.05, 0) is 18.1 Å². The molecule has 134 valence electrons. The van der Waals surface area contributed by atoms with E-state index in [1.165, 1.54) is 5.69 Å². The van der Waals surface area contributed by atoms with Crippen molar-refractivity contribution < 1.29 is 0 Å². The largest absolute Gasteiger partial charge is 0.354 e. The highest BCUT2D eigenvalue weighted by molar-refractivity contribution is 5.31. The van der Waals surface area contributed by atoms with Gasteiger partial charge in [0.05, 0.1) is 18.1 Å². The predicted octanol–water partition coefficient (Wildman–Crippen LogP) is 2.56. The van der Waals surface area contributed by atoms with Crippen molar-refractivity contribution in [2.75, 3.05) is 18.4 Å². The minimum Gasteiger partial charge on any atom is -0.354 e. The second-order valence-electron chi connectivity index (χ2n) is 6.52. The number of aromatic nitrogens is 5. The summed E-state index contributed by atoms with van der Waals surface area (Å²) >= 11 is 0. The van der Waals surface area contributed by atoms with Gasteiger partial charge in [0.25, 0.3) is 0 Å². The fraction of sp³-hybridized carbons (Fsp3) is 0.368. The fourth-order valence-corrected chi connectivity index (χ4v) is 3.40. The number of hydrogen-bond donors (Lipinski definition) is 2. The van der Waals surface area contributed by atoms with Gasteiger partial charge in [-0.1, -0.05) is 13.0 Å². The van der Waals surface area contributed by atoms with Crippen molar-refractivity contribution in [3.63, 3.8) is 0 Å². The SMILES string of the molecule is CCCNc1ncc(CN2CCc3[nH]cnc3[C@@H]2c2cccnc2)cn1. The number of pyridine rings is 1. The molecule has 0 unspecified atom stereocenters. The van der Waals surface area contributed by atoms with Gasteiger partial charge in [0, 0.05) is 62.1 Å². The molecule has 2 N–H and O–H groups in total. The zero-order valence-corrected chi connectivity index (χ0v) is 14.9. The van der Waals surface area contributed by atoms with Gasteiger partial charge in [0.15, 0.2) is 0 Å². The van der Waals surface area contributed by atoms with Crippen molar-refractivity contribution >= 4 is 5.95 Å². The lowest BCUT2D eigenvalue weighted by Gasteiger charge is -2.35. The highest BCUT2D eigenvalue weighted by Gasteiger charge is 2.31. The van der Waals surface area contributed by atoms with Crippen molar-refractivity contribution in [2.45, 2.75) is 32.4 Å². The molecule has 0 saturated carbocycles. The van der Waals surface area contributed by atoms with E-state index in [9.17, 15) is 0 Å². The van der Waals surface area contributed by atoms with Crippen LogP contribution in [-0.2, 0) is 13.0 Å². The lowest BCUT2D eigenvalue weighted by molar-refractivity contribution is 0.199. The first-order valence-corrected chi connectivity index (χ1v) is 9.06. The number of H-pyrrole nitrogens is 1. The van der Waals surface area contributed by atoms with Gasteiger partial charge in [-0.25, -0.2) is 15.0 Å². The minimum absolute atomic E-state index is 0.0941. The van der Waals surface area contributed by atoms with E-state index in [0.717, 1.165) is 49.3 Å². The Morgan fingerprint density at radius 3 is 2.88 bits per heavy atom. The molecule has 0 fully saturated rings. The van der Waals surface area contributed by atoms with E-state index in [4.69, 9.17) is 0 Å². The number of imidazole rings is 1. The average Bonchev–Trinajstić information content (AvgIpc) is 3.17. The Bertz CT molecular complexity index is 829. The van der Waals surface area contributed by atoms with Crippen LogP contribution in [0.25, 0.3) is 0 Å². The molecule has 4 rings (SSSR count). The second kappa shape index (κ2) is 7.61. The molecule has 0 bridgehead atoms. The molecule has 7 heteroatoms. The van der Waals surface area contributed by atoms with Crippen LogP contribution in [0.1, 0.15) is 41.9 Å². The van der Waals surface area contributed by atoms with Gasteiger partial charge in [0.2, 0.25) is 5.95 Å². The Kier molecular flexibility index (Phi) is 4.88. The highest BCUT2D eigenvalue weighted by Crippen LogP contribution is 2.33. The van der Waals surface area contributed by atoms with E-state index in [1.54, 1.807) is 12.5 Å². The number of nitrogens with zero attached hydrogens (tertiary/aromatic N) is 5. The van der Waals surface area contributed by atoms with Crippen molar-refractivity contribution in [3.8, 4) is 0 Å². The Morgan fingerprint density at radius 1 is 1.23 bits per heavy atom. The second-order valence-corrected chi connectivity index (χ2v) is 6.52. The van der Waals surface area contributed by atoms with E-state index in [0.29, 0.717) is 5.95 Å². The topological polar surface area (TPSA) is 82.6 Å². The van der Waals surface area contributed by atoms with E-state index in [-0.39, 0.29) is 6.04 Å². The van der Waals surface area contributed by atoms with Crippen LogP contribution >= 0.6 is 0 Å². The molecular formula is C19H23N7. The minimum atomic E-state index is 0.0941. The number of anilines is 1. The summed E-state index contributed by atoms with van der Waals surface area (Å²) in [5, 5.41) is 3.21. The van der Waals surface area contributed by atoms with Crippen LogP contribution in [0.3, 0.4) is 0 Å². The fourth-order valence-electron chi connectivity index (χ4n) is 3.40. The first-order chi connectivity index (χ1) is 12.8. The van der Waals surface area contributed by atoms with Crippen LogP contribution < -0.4 is 5.32 Å². The Hall–Kier alpha value is -2.80. The Balaban J connectivity index is 1.57. The molecule has 3 aromatic rings.